The van der Waals surface area contributed by atoms with Crippen molar-refractivity contribution in [2.24, 2.45) is 0 Å². The summed E-state index contributed by atoms with van der Waals surface area (Å²) in [4.78, 5) is 13.6. The summed E-state index contributed by atoms with van der Waals surface area (Å²) in [5, 5.41) is 9.46. The van der Waals surface area contributed by atoms with Gasteiger partial charge >= 0.3 is 0 Å². The van der Waals surface area contributed by atoms with Crippen LogP contribution in [0.3, 0.4) is 0 Å². The number of hydrogen-bond donors (Lipinski definition) is 1. The lowest BCUT2D eigenvalue weighted by Crippen LogP contribution is -2.32. The van der Waals surface area contributed by atoms with Gasteiger partial charge in [0.25, 0.3) is 0 Å². The fraction of sp³-hybridized carbons (Fsp3) is 0.188. The molecule has 0 saturated heterocycles. The van der Waals surface area contributed by atoms with E-state index in [1.165, 1.54) is 23.1 Å². The van der Waals surface area contributed by atoms with Crippen molar-refractivity contribution in [3.05, 3.63) is 59.7 Å². The Balaban J connectivity index is 2.25. The molecule has 0 saturated carbocycles. The van der Waals surface area contributed by atoms with Gasteiger partial charge in [-0.15, -0.1) is 0 Å². The monoisotopic (exact) mass is 291 g/mol. The number of amides is 1. The predicted molar refractivity (Wildman–Crippen MR) is 76.2 cm³/mol. The van der Waals surface area contributed by atoms with E-state index in [0.717, 1.165) is 12.1 Å². The van der Waals surface area contributed by atoms with Crippen molar-refractivity contribution in [3.8, 4) is 5.75 Å². The van der Waals surface area contributed by atoms with Gasteiger partial charge in [-0.05, 0) is 31.2 Å². The molecule has 3 nitrogen and oxygen atoms in total. The molecule has 0 heterocycles. The number of carbonyl (C=O) groups is 1. The second kappa shape index (κ2) is 6.35. The van der Waals surface area contributed by atoms with Gasteiger partial charge in [0.2, 0.25) is 5.91 Å². The van der Waals surface area contributed by atoms with Crippen LogP contribution in [-0.2, 0) is 11.2 Å². The van der Waals surface area contributed by atoms with Gasteiger partial charge in [0.05, 0.1) is 6.42 Å². The molecule has 0 bridgehead atoms. The van der Waals surface area contributed by atoms with Crippen LogP contribution < -0.4 is 4.90 Å². The Labute approximate surface area is 121 Å². The van der Waals surface area contributed by atoms with Gasteiger partial charge in [-0.2, -0.15) is 0 Å². The molecule has 21 heavy (non-hydrogen) atoms. The van der Waals surface area contributed by atoms with E-state index in [9.17, 15) is 18.7 Å². The van der Waals surface area contributed by atoms with Gasteiger partial charge < -0.3 is 10.0 Å². The Kier molecular flexibility index (Phi) is 4.52. The van der Waals surface area contributed by atoms with Gasteiger partial charge in [-0.25, -0.2) is 8.78 Å². The highest BCUT2D eigenvalue weighted by molar-refractivity contribution is 5.94. The van der Waals surface area contributed by atoms with Crippen molar-refractivity contribution in [1.29, 1.82) is 0 Å². The Bertz CT molecular complexity index is 638. The lowest BCUT2D eigenvalue weighted by molar-refractivity contribution is -0.118. The minimum Gasteiger partial charge on any atom is -0.508 e. The van der Waals surface area contributed by atoms with E-state index in [0.29, 0.717) is 12.2 Å². The first kappa shape index (κ1) is 15.0. The summed E-state index contributed by atoms with van der Waals surface area (Å²) in [7, 11) is 0. The first-order valence-corrected chi connectivity index (χ1v) is 6.55. The van der Waals surface area contributed by atoms with E-state index in [-0.39, 0.29) is 17.7 Å². The van der Waals surface area contributed by atoms with Crippen LogP contribution in [0, 0.1) is 11.6 Å². The molecule has 110 valence electrons. The topological polar surface area (TPSA) is 40.5 Å². The fourth-order valence-corrected chi connectivity index (χ4v) is 2.11. The van der Waals surface area contributed by atoms with E-state index in [2.05, 4.69) is 0 Å². The van der Waals surface area contributed by atoms with Crippen molar-refractivity contribution in [2.75, 3.05) is 11.4 Å². The molecule has 0 atom stereocenters. The quantitative estimate of drug-likeness (QED) is 0.939. The van der Waals surface area contributed by atoms with Gasteiger partial charge in [0.1, 0.15) is 17.4 Å². The summed E-state index contributed by atoms with van der Waals surface area (Å²) in [6.45, 7) is 2.08. The number of aromatic hydroxyl groups is 1. The molecule has 1 N–H and O–H groups in total. The zero-order valence-electron chi connectivity index (χ0n) is 11.5. The molecule has 5 heteroatoms. The van der Waals surface area contributed by atoms with Crippen molar-refractivity contribution < 1.29 is 18.7 Å². The molecule has 0 spiro atoms. The Morgan fingerprint density at radius 1 is 1.14 bits per heavy atom. The molecule has 2 rings (SSSR count). The summed E-state index contributed by atoms with van der Waals surface area (Å²) >= 11 is 0. The maximum absolute atomic E-state index is 13.6. The molecule has 0 aromatic heterocycles. The average Bonchev–Trinajstić information content (AvgIpc) is 2.44. The number of phenolic OH excluding ortho intramolecular Hbond substituents is 1. The first-order valence-electron chi connectivity index (χ1n) is 6.55. The third-order valence-electron chi connectivity index (χ3n) is 3.15. The Hall–Kier alpha value is -2.43. The minimum atomic E-state index is -0.740. The van der Waals surface area contributed by atoms with Crippen LogP contribution in [0.15, 0.2) is 42.5 Å². The van der Waals surface area contributed by atoms with Crippen LogP contribution in [0.2, 0.25) is 0 Å². The first-order chi connectivity index (χ1) is 10.0. The normalized spacial score (nSPS) is 10.4. The highest BCUT2D eigenvalue weighted by atomic mass is 19.1. The standard InChI is InChI=1S/C16H15F2NO2/c1-2-19(11-5-3-6-12(20)9-11)16(21)10-13-14(17)7-4-8-15(13)18/h3-9,20H,2,10H2,1H3. The molecular formula is C16H15F2NO2. The Morgan fingerprint density at radius 2 is 1.76 bits per heavy atom. The molecule has 0 aliphatic carbocycles. The lowest BCUT2D eigenvalue weighted by atomic mass is 10.1. The molecule has 0 fully saturated rings. The van der Waals surface area contributed by atoms with Crippen LogP contribution in [0.25, 0.3) is 0 Å². The van der Waals surface area contributed by atoms with Gasteiger partial charge in [-0.1, -0.05) is 12.1 Å². The molecule has 2 aromatic rings. The molecule has 0 radical (unpaired) electrons. The minimum absolute atomic E-state index is 0.0239. The van der Waals surface area contributed by atoms with Crippen LogP contribution >= 0.6 is 0 Å². The van der Waals surface area contributed by atoms with Gasteiger partial charge in [-0.3, -0.25) is 4.79 Å². The average molecular weight is 291 g/mol. The molecule has 2 aromatic carbocycles. The number of benzene rings is 2. The number of phenols is 1. The second-order valence-electron chi connectivity index (χ2n) is 4.53. The number of nitrogens with zero attached hydrogens (tertiary/aromatic N) is 1. The second-order valence-corrected chi connectivity index (χ2v) is 4.53. The third-order valence-corrected chi connectivity index (χ3v) is 3.15. The number of anilines is 1. The zero-order chi connectivity index (χ0) is 15.4. The van der Waals surface area contributed by atoms with Crippen molar-refractivity contribution in [2.45, 2.75) is 13.3 Å². The maximum atomic E-state index is 13.6. The number of hydrogen-bond acceptors (Lipinski definition) is 2. The molecule has 0 aliphatic rings. The Morgan fingerprint density at radius 3 is 2.33 bits per heavy atom. The highest BCUT2D eigenvalue weighted by Crippen LogP contribution is 2.22. The summed E-state index contributed by atoms with van der Waals surface area (Å²) < 4.78 is 27.2. The summed E-state index contributed by atoms with van der Waals surface area (Å²) in [5.41, 5.74) is 0.236. The zero-order valence-corrected chi connectivity index (χ0v) is 11.5. The molecule has 0 aliphatic heterocycles. The molecule has 1 amide bonds. The van der Waals surface area contributed by atoms with Crippen LogP contribution in [-0.4, -0.2) is 17.6 Å². The van der Waals surface area contributed by atoms with E-state index in [1.54, 1.807) is 19.1 Å². The van der Waals surface area contributed by atoms with Crippen LogP contribution in [0.1, 0.15) is 12.5 Å². The fourth-order valence-electron chi connectivity index (χ4n) is 2.11. The predicted octanol–water partition coefficient (Wildman–Crippen LogP) is 3.27. The number of carbonyl (C=O) groups excluding carboxylic acids is 1. The number of rotatable bonds is 4. The SMILES string of the molecule is CCN(C(=O)Cc1c(F)cccc1F)c1cccc(O)c1. The number of halogens is 2. The van der Waals surface area contributed by atoms with Crippen molar-refractivity contribution in [1.82, 2.24) is 0 Å². The van der Waals surface area contributed by atoms with Gasteiger partial charge in [0.15, 0.2) is 0 Å². The van der Waals surface area contributed by atoms with Crippen molar-refractivity contribution in [3.63, 3.8) is 0 Å². The highest BCUT2D eigenvalue weighted by Gasteiger charge is 2.19. The summed E-state index contributed by atoms with van der Waals surface area (Å²) in [6.07, 6.45) is -0.373. The van der Waals surface area contributed by atoms with Crippen molar-refractivity contribution >= 4 is 11.6 Å². The maximum Gasteiger partial charge on any atom is 0.231 e. The number of likely N-dealkylation sites (N-methyl/N-ethyl adjacent to an activating group) is 1. The van der Waals surface area contributed by atoms with Crippen LogP contribution in [0.5, 0.6) is 5.75 Å². The van der Waals surface area contributed by atoms with E-state index >= 15 is 0 Å². The largest absolute Gasteiger partial charge is 0.508 e. The summed E-state index contributed by atoms with van der Waals surface area (Å²) in [5.74, 6) is -1.89. The van der Waals surface area contributed by atoms with Gasteiger partial charge in [0, 0.05) is 23.9 Å². The van der Waals surface area contributed by atoms with E-state index in [4.69, 9.17) is 0 Å². The lowest BCUT2D eigenvalue weighted by Gasteiger charge is -2.21. The van der Waals surface area contributed by atoms with E-state index < -0.39 is 17.5 Å². The van der Waals surface area contributed by atoms with Crippen LogP contribution in [0.4, 0.5) is 14.5 Å². The third kappa shape index (κ3) is 3.37. The van der Waals surface area contributed by atoms with E-state index in [1.807, 2.05) is 0 Å². The molecular weight excluding hydrogens is 276 g/mol. The summed E-state index contributed by atoms with van der Waals surface area (Å²) in [6, 6.07) is 9.67. The smallest absolute Gasteiger partial charge is 0.231 e. The molecule has 0 unspecified atom stereocenters.